The van der Waals surface area contributed by atoms with Gasteiger partial charge in [-0.3, -0.25) is 0 Å². The number of rotatable bonds is 0. The van der Waals surface area contributed by atoms with Gasteiger partial charge in [0.25, 0.3) is 0 Å². The zero-order valence-corrected chi connectivity index (χ0v) is 8.17. The van der Waals surface area contributed by atoms with Crippen molar-refractivity contribution in [3.8, 4) is 0 Å². The van der Waals surface area contributed by atoms with E-state index in [2.05, 4.69) is 43.7 Å². The summed E-state index contributed by atoms with van der Waals surface area (Å²) >= 11 is 0. The van der Waals surface area contributed by atoms with Crippen LogP contribution in [0.2, 0.25) is 0 Å². The molecule has 1 aromatic heterocycles. The largest absolute Gasteiger partial charge is 0.351 e. The maximum Gasteiger partial charge on any atom is 0.0228 e. The van der Waals surface area contributed by atoms with Crippen LogP contribution in [0.5, 0.6) is 0 Å². The minimum absolute atomic E-state index is 0.423. The second-order valence-electron chi connectivity index (χ2n) is 4.83. The standard InChI is InChI=1S/C11H17N/c1-11(2,3)9-6-8-12-7-4-5-10(9)12/h4-5,7,9H,6,8H2,1-3H3/t9-/m0/s1. The Morgan fingerprint density at radius 2 is 2.17 bits per heavy atom. The summed E-state index contributed by atoms with van der Waals surface area (Å²) in [6.45, 7) is 8.21. The Morgan fingerprint density at radius 1 is 1.42 bits per heavy atom. The molecule has 0 amide bonds. The van der Waals surface area contributed by atoms with Crippen LogP contribution in [0.1, 0.15) is 38.8 Å². The zero-order valence-electron chi connectivity index (χ0n) is 8.17. The Hall–Kier alpha value is -0.720. The Morgan fingerprint density at radius 3 is 2.83 bits per heavy atom. The highest BCUT2D eigenvalue weighted by molar-refractivity contribution is 5.18. The summed E-state index contributed by atoms with van der Waals surface area (Å²) in [6, 6.07) is 4.43. The zero-order chi connectivity index (χ0) is 8.77. The number of nitrogens with zero attached hydrogens (tertiary/aromatic N) is 1. The van der Waals surface area contributed by atoms with Crippen LogP contribution in [-0.4, -0.2) is 4.57 Å². The predicted octanol–water partition coefficient (Wildman–Crippen LogP) is 3.02. The summed E-state index contributed by atoms with van der Waals surface area (Å²) < 4.78 is 2.38. The van der Waals surface area contributed by atoms with Crippen molar-refractivity contribution in [2.45, 2.75) is 39.7 Å². The van der Waals surface area contributed by atoms with E-state index in [1.165, 1.54) is 18.7 Å². The van der Waals surface area contributed by atoms with Gasteiger partial charge in [-0.1, -0.05) is 20.8 Å². The van der Waals surface area contributed by atoms with Crippen LogP contribution in [0, 0.1) is 5.41 Å². The lowest BCUT2D eigenvalue weighted by Crippen LogP contribution is -2.15. The third kappa shape index (κ3) is 1.08. The average Bonchev–Trinajstić information content (AvgIpc) is 2.37. The molecule has 12 heavy (non-hydrogen) atoms. The van der Waals surface area contributed by atoms with Crippen molar-refractivity contribution >= 4 is 0 Å². The normalized spacial score (nSPS) is 22.8. The molecule has 1 nitrogen and oxygen atoms in total. The predicted molar refractivity (Wildman–Crippen MR) is 51.2 cm³/mol. The van der Waals surface area contributed by atoms with Crippen LogP contribution in [0.3, 0.4) is 0 Å². The van der Waals surface area contributed by atoms with Gasteiger partial charge in [-0.15, -0.1) is 0 Å². The van der Waals surface area contributed by atoms with Gasteiger partial charge in [0.05, 0.1) is 0 Å². The quantitative estimate of drug-likeness (QED) is 0.554. The van der Waals surface area contributed by atoms with Gasteiger partial charge in [0.1, 0.15) is 0 Å². The van der Waals surface area contributed by atoms with Crippen LogP contribution >= 0.6 is 0 Å². The average molecular weight is 163 g/mol. The summed E-state index contributed by atoms with van der Waals surface area (Å²) in [7, 11) is 0. The van der Waals surface area contributed by atoms with Gasteiger partial charge in [-0.05, 0) is 24.0 Å². The van der Waals surface area contributed by atoms with Gasteiger partial charge in [-0.2, -0.15) is 0 Å². The third-order valence-electron chi connectivity index (χ3n) is 2.93. The second kappa shape index (κ2) is 2.38. The number of hydrogen-bond acceptors (Lipinski definition) is 0. The summed E-state index contributed by atoms with van der Waals surface area (Å²) in [5.74, 6) is 0.757. The van der Waals surface area contributed by atoms with Gasteiger partial charge >= 0.3 is 0 Å². The van der Waals surface area contributed by atoms with Crippen LogP contribution in [-0.2, 0) is 6.54 Å². The molecule has 0 unspecified atom stereocenters. The number of aryl methyl sites for hydroxylation is 1. The lowest BCUT2D eigenvalue weighted by Gasteiger charge is -2.26. The van der Waals surface area contributed by atoms with Gasteiger partial charge in [-0.25, -0.2) is 0 Å². The van der Waals surface area contributed by atoms with Crippen molar-refractivity contribution in [1.82, 2.24) is 4.57 Å². The maximum atomic E-state index is 2.38. The fourth-order valence-corrected chi connectivity index (χ4v) is 2.24. The molecule has 0 aliphatic carbocycles. The molecule has 0 fully saturated rings. The van der Waals surface area contributed by atoms with E-state index in [9.17, 15) is 0 Å². The van der Waals surface area contributed by atoms with Crippen LogP contribution in [0.4, 0.5) is 0 Å². The van der Waals surface area contributed by atoms with E-state index < -0.39 is 0 Å². The van der Waals surface area contributed by atoms with Crippen molar-refractivity contribution < 1.29 is 0 Å². The molecular weight excluding hydrogens is 146 g/mol. The Kier molecular flexibility index (Phi) is 1.57. The highest BCUT2D eigenvalue weighted by atomic mass is 15.0. The van der Waals surface area contributed by atoms with E-state index in [0.717, 1.165) is 5.92 Å². The van der Waals surface area contributed by atoms with Crippen LogP contribution in [0.15, 0.2) is 18.3 Å². The topological polar surface area (TPSA) is 4.93 Å². The molecule has 1 aliphatic heterocycles. The highest BCUT2D eigenvalue weighted by Gasteiger charge is 2.31. The molecule has 1 atom stereocenters. The first-order chi connectivity index (χ1) is 5.59. The second-order valence-corrected chi connectivity index (χ2v) is 4.83. The third-order valence-corrected chi connectivity index (χ3v) is 2.93. The smallest absolute Gasteiger partial charge is 0.0228 e. The minimum atomic E-state index is 0.423. The molecule has 0 spiro atoms. The first-order valence-corrected chi connectivity index (χ1v) is 4.74. The molecule has 2 rings (SSSR count). The van der Waals surface area contributed by atoms with E-state index in [1.807, 2.05) is 0 Å². The molecule has 0 saturated carbocycles. The summed E-state index contributed by atoms with van der Waals surface area (Å²) in [6.07, 6.45) is 3.51. The molecule has 0 saturated heterocycles. The fourth-order valence-electron chi connectivity index (χ4n) is 2.24. The van der Waals surface area contributed by atoms with E-state index in [1.54, 1.807) is 0 Å². The first kappa shape index (κ1) is 7.90. The molecule has 0 radical (unpaired) electrons. The maximum absolute atomic E-state index is 2.38. The Bertz CT molecular complexity index is 277. The minimum Gasteiger partial charge on any atom is -0.351 e. The molecule has 0 N–H and O–H groups in total. The molecule has 1 aromatic rings. The molecule has 1 aliphatic rings. The number of hydrogen-bond donors (Lipinski definition) is 0. The SMILES string of the molecule is CC(C)(C)[C@H]1CCn2cccc21. The summed E-state index contributed by atoms with van der Waals surface area (Å²) in [5, 5.41) is 0. The van der Waals surface area contributed by atoms with Gasteiger partial charge in [0, 0.05) is 24.4 Å². The molecule has 0 bridgehead atoms. The molecule has 0 aromatic carbocycles. The first-order valence-electron chi connectivity index (χ1n) is 4.74. The summed E-state index contributed by atoms with van der Waals surface area (Å²) in [5.41, 5.74) is 1.95. The number of aromatic nitrogens is 1. The van der Waals surface area contributed by atoms with E-state index >= 15 is 0 Å². The lowest BCUT2D eigenvalue weighted by molar-refractivity contribution is 0.319. The number of fused-ring (bicyclic) bond motifs is 1. The molecule has 1 heteroatoms. The van der Waals surface area contributed by atoms with Crippen molar-refractivity contribution in [1.29, 1.82) is 0 Å². The van der Waals surface area contributed by atoms with Crippen LogP contribution in [0.25, 0.3) is 0 Å². The van der Waals surface area contributed by atoms with E-state index in [0.29, 0.717) is 5.41 Å². The fraction of sp³-hybridized carbons (Fsp3) is 0.636. The van der Waals surface area contributed by atoms with Gasteiger partial charge in [0.15, 0.2) is 0 Å². The Balaban J connectivity index is 2.34. The van der Waals surface area contributed by atoms with E-state index in [-0.39, 0.29) is 0 Å². The van der Waals surface area contributed by atoms with Crippen molar-refractivity contribution in [2.75, 3.05) is 0 Å². The molecule has 66 valence electrons. The molecular formula is C11H17N. The Labute approximate surface area is 74.4 Å². The van der Waals surface area contributed by atoms with Crippen molar-refractivity contribution in [3.63, 3.8) is 0 Å². The molecule has 2 heterocycles. The summed E-state index contributed by atoms with van der Waals surface area (Å²) in [4.78, 5) is 0. The van der Waals surface area contributed by atoms with Gasteiger partial charge < -0.3 is 4.57 Å². The monoisotopic (exact) mass is 163 g/mol. The van der Waals surface area contributed by atoms with E-state index in [4.69, 9.17) is 0 Å². The highest BCUT2D eigenvalue weighted by Crippen LogP contribution is 2.41. The van der Waals surface area contributed by atoms with Crippen LogP contribution < -0.4 is 0 Å². The van der Waals surface area contributed by atoms with Gasteiger partial charge in [0.2, 0.25) is 0 Å². The van der Waals surface area contributed by atoms with Crippen molar-refractivity contribution in [2.24, 2.45) is 5.41 Å². The van der Waals surface area contributed by atoms with Crippen molar-refractivity contribution in [3.05, 3.63) is 24.0 Å². The lowest BCUT2D eigenvalue weighted by atomic mass is 9.78.